The monoisotopic (exact) mass is 420 g/mol. The van der Waals surface area contributed by atoms with Crippen LogP contribution in [0.25, 0.3) is 11.0 Å². The molecule has 9 heteroatoms. The summed E-state index contributed by atoms with van der Waals surface area (Å²) < 4.78 is 3.44. The van der Waals surface area contributed by atoms with Crippen molar-refractivity contribution in [1.82, 2.24) is 19.1 Å². The molecular weight excluding hydrogens is 417 g/mol. The van der Waals surface area contributed by atoms with Crippen molar-refractivity contribution in [3.8, 4) is 0 Å². The highest BCUT2D eigenvalue weighted by Gasteiger charge is 2.15. The van der Waals surface area contributed by atoms with E-state index in [0.717, 1.165) is 0 Å². The maximum absolute atomic E-state index is 11.9. The van der Waals surface area contributed by atoms with Crippen molar-refractivity contribution >= 4 is 67.0 Å². The zero-order valence-corrected chi connectivity index (χ0v) is 12.8. The first kappa shape index (κ1) is 11.8. The van der Waals surface area contributed by atoms with Crippen LogP contribution < -0.4 is 5.56 Å². The predicted molar refractivity (Wildman–Crippen MR) is 73.2 cm³/mol. The van der Waals surface area contributed by atoms with Crippen LogP contribution in [0.1, 0.15) is 0 Å². The number of aromatic nitrogens is 4. The Balaban J connectivity index is 3.01. The zero-order chi connectivity index (χ0) is 11.2. The smallest absolute Gasteiger partial charge is 0.266 e. The Morgan fingerprint density at radius 2 is 2.27 bits per heavy atom. The Hall–Kier alpha value is 0.280. The molecule has 0 aliphatic heterocycles. The van der Waals surface area contributed by atoms with E-state index in [-0.39, 0.29) is 10.8 Å². The summed E-state index contributed by atoms with van der Waals surface area (Å²) in [5.74, 6) is 0. The quantitative estimate of drug-likeness (QED) is 0.404. The highest BCUT2D eigenvalue weighted by atomic mass is 127. The van der Waals surface area contributed by atoms with Crippen LogP contribution in [0.5, 0.6) is 0 Å². The third kappa shape index (κ3) is 1.83. The predicted octanol–water partition coefficient (Wildman–Crippen LogP) is 2.34. The molecule has 1 unspecified atom stereocenters. The van der Waals surface area contributed by atoms with E-state index in [4.69, 9.17) is 11.6 Å². The standard InChI is InChI=1S/C6H4BrClIN4OP/c1-12-5(14)2-3(7)11-13(15-9)4(2)10-6(12)8/h15H,1H3. The molecule has 2 aromatic rings. The Morgan fingerprint density at radius 1 is 1.60 bits per heavy atom. The fraction of sp³-hybridized carbons (Fsp3) is 0.167. The minimum atomic E-state index is -0.197. The van der Waals surface area contributed by atoms with Gasteiger partial charge in [0, 0.05) is 7.05 Å². The molecule has 0 spiro atoms. The van der Waals surface area contributed by atoms with Crippen LogP contribution in [-0.4, -0.2) is 19.1 Å². The first-order valence-corrected chi connectivity index (χ1v) is 8.97. The number of halogens is 3. The molecule has 0 amide bonds. The van der Waals surface area contributed by atoms with Crippen molar-refractivity contribution in [3.05, 3.63) is 20.2 Å². The molecule has 0 aliphatic rings. The second-order valence-electron chi connectivity index (χ2n) is 2.73. The minimum absolute atomic E-state index is 0.163. The van der Waals surface area contributed by atoms with Crippen molar-refractivity contribution in [2.45, 2.75) is 0 Å². The van der Waals surface area contributed by atoms with E-state index in [1.54, 1.807) is 11.5 Å². The van der Waals surface area contributed by atoms with Crippen LogP contribution in [0.3, 0.4) is 0 Å². The highest BCUT2D eigenvalue weighted by molar-refractivity contribution is 14.2. The van der Waals surface area contributed by atoms with Crippen molar-refractivity contribution in [3.63, 3.8) is 0 Å². The van der Waals surface area contributed by atoms with E-state index in [1.807, 2.05) is 0 Å². The first-order valence-electron chi connectivity index (χ1n) is 3.73. The Bertz CT molecular complexity index is 597. The molecule has 0 radical (unpaired) electrons. The summed E-state index contributed by atoms with van der Waals surface area (Å²) in [4.78, 5) is 16.0. The normalized spacial score (nSPS) is 12.0. The Labute approximate surface area is 113 Å². The molecule has 2 aromatic heterocycles. The molecule has 0 saturated carbocycles. The van der Waals surface area contributed by atoms with Gasteiger partial charge >= 0.3 is 0 Å². The molecule has 2 heterocycles. The lowest BCUT2D eigenvalue weighted by Crippen LogP contribution is -2.18. The third-order valence-electron chi connectivity index (χ3n) is 1.89. The molecule has 0 fully saturated rings. The molecule has 0 N–H and O–H groups in total. The molecule has 0 aliphatic carbocycles. The van der Waals surface area contributed by atoms with Gasteiger partial charge in [-0.15, -0.1) is 0 Å². The van der Waals surface area contributed by atoms with Gasteiger partial charge in [0.2, 0.25) is 5.28 Å². The lowest BCUT2D eigenvalue weighted by Gasteiger charge is -2.00. The average molecular weight is 421 g/mol. The fourth-order valence-corrected chi connectivity index (χ4v) is 3.34. The highest BCUT2D eigenvalue weighted by Crippen LogP contribution is 2.30. The second kappa shape index (κ2) is 4.27. The summed E-state index contributed by atoms with van der Waals surface area (Å²) in [7, 11) is 1.58. The second-order valence-corrected chi connectivity index (χ2v) is 5.86. The molecule has 0 bridgehead atoms. The van der Waals surface area contributed by atoms with Gasteiger partial charge in [-0.1, -0.05) is 0 Å². The van der Waals surface area contributed by atoms with Gasteiger partial charge in [-0.2, -0.15) is 10.1 Å². The van der Waals surface area contributed by atoms with Crippen molar-refractivity contribution < 1.29 is 0 Å². The van der Waals surface area contributed by atoms with Crippen LogP contribution in [0.15, 0.2) is 9.40 Å². The van der Waals surface area contributed by atoms with Gasteiger partial charge < -0.3 is 0 Å². The van der Waals surface area contributed by atoms with E-state index < -0.39 is 0 Å². The molecule has 80 valence electrons. The number of nitrogens with zero attached hydrogens (tertiary/aromatic N) is 4. The Kier molecular flexibility index (Phi) is 3.35. The van der Waals surface area contributed by atoms with E-state index >= 15 is 0 Å². The van der Waals surface area contributed by atoms with E-state index in [0.29, 0.717) is 22.0 Å². The first-order chi connectivity index (χ1) is 7.06. The van der Waals surface area contributed by atoms with Crippen LogP contribution in [-0.2, 0) is 7.05 Å². The summed E-state index contributed by atoms with van der Waals surface area (Å²) in [6.07, 6.45) is 0.370. The summed E-state index contributed by atoms with van der Waals surface area (Å²) in [5, 5.41) is 4.78. The fourth-order valence-electron chi connectivity index (χ4n) is 1.14. The minimum Gasteiger partial charge on any atom is -0.286 e. The third-order valence-corrected chi connectivity index (χ3v) is 4.63. The van der Waals surface area contributed by atoms with E-state index in [1.165, 1.54) is 4.57 Å². The number of fused-ring (bicyclic) bond motifs is 1. The summed E-state index contributed by atoms with van der Waals surface area (Å²) in [6.45, 7) is 0. The van der Waals surface area contributed by atoms with Crippen molar-refractivity contribution in [2.75, 3.05) is 0 Å². The van der Waals surface area contributed by atoms with Crippen LogP contribution >= 0.6 is 55.9 Å². The number of rotatable bonds is 1. The van der Waals surface area contributed by atoms with Gasteiger partial charge in [-0.3, -0.25) is 9.36 Å². The van der Waals surface area contributed by atoms with Crippen LogP contribution in [0, 0.1) is 0 Å². The molecule has 0 saturated heterocycles. The molecule has 2 rings (SSSR count). The number of hydrogen-bond acceptors (Lipinski definition) is 3. The molecule has 15 heavy (non-hydrogen) atoms. The van der Waals surface area contributed by atoms with Crippen molar-refractivity contribution in [2.24, 2.45) is 7.05 Å². The SMILES string of the molecule is Cn1c(Cl)nc2c(c(Br)nn2PI)c1=O. The maximum atomic E-state index is 11.9. The zero-order valence-electron chi connectivity index (χ0n) is 7.33. The Morgan fingerprint density at radius 3 is 2.87 bits per heavy atom. The van der Waals surface area contributed by atoms with Crippen LogP contribution in [0.4, 0.5) is 0 Å². The summed E-state index contributed by atoms with van der Waals surface area (Å²) >= 11 is 11.2. The lowest BCUT2D eigenvalue weighted by atomic mass is 10.4. The van der Waals surface area contributed by atoms with Gasteiger partial charge in [0.05, 0.1) is 6.37 Å². The summed E-state index contributed by atoms with van der Waals surface area (Å²) in [6, 6.07) is 0. The molecule has 5 nitrogen and oxygen atoms in total. The molecule has 0 aromatic carbocycles. The van der Waals surface area contributed by atoms with Crippen LogP contribution in [0.2, 0.25) is 5.28 Å². The maximum Gasteiger partial charge on any atom is 0.266 e. The van der Waals surface area contributed by atoms with E-state index in [9.17, 15) is 4.79 Å². The largest absolute Gasteiger partial charge is 0.286 e. The van der Waals surface area contributed by atoms with Crippen molar-refractivity contribution in [1.29, 1.82) is 0 Å². The van der Waals surface area contributed by atoms with Gasteiger partial charge in [0.1, 0.15) is 9.99 Å². The molecular formula is C6H4BrClIN4OP. The topological polar surface area (TPSA) is 52.7 Å². The van der Waals surface area contributed by atoms with Gasteiger partial charge in [0.25, 0.3) is 5.56 Å². The average Bonchev–Trinajstić information content (AvgIpc) is 2.51. The van der Waals surface area contributed by atoms with Gasteiger partial charge in [-0.25, -0.2) is 4.45 Å². The van der Waals surface area contributed by atoms with E-state index in [2.05, 4.69) is 48.1 Å². The lowest BCUT2D eigenvalue weighted by molar-refractivity contribution is 0.841. The molecule has 1 atom stereocenters. The van der Waals surface area contributed by atoms with Gasteiger partial charge in [0.15, 0.2) is 5.65 Å². The number of hydrogen-bond donors (Lipinski definition) is 0. The van der Waals surface area contributed by atoms with Gasteiger partial charge in [-0.05, 0) is 49.6 Å². The summed E-state index contributed by atoms with van der Waals surface area (Å²) in [5.41, 5.74) is 0.320.